The highest BCUT2D eigenvalue weighted by Crippen LogP contribution is 2.15. The minimum Gasteiger partial charge on any atom is -0.480 e. The smallest absolute Gasteiger partial charge is 0.320 e. The SMILES string of the molecule is Cc1ccc(S(=O)(=O)NCc2ccc(C)c(C[C@H](N)C(=O)O)c2)cc1. The number of rotatable bonds is 7. The Balaban J connectivity index is 2.12. The molecule has 2 rings (SSSR count). The van der Waals surface area contributed by atoms with E-state index in [1.54, 1.807) is 30.3 Å². The molecule has 2 aromatic rings. The predicted octanol–water partition coefficient (Wildman–Crippen LogP) is 1.74. The second-order valence-electron chi connectivity index (χ2n) is 6.05. The molecule has 6 nitrogen and oxygen atoms in total. The van der Waals surface area contributed by atoms with Gasteiger partial charge in [0, 0.05) is 6.54 Å². The fraction of sp³-hybridized carbons (Fsp3) is 0.278. The highest BCUT2D eigenvalue weighted by molar-refractivity contribution is 7.89. The Labute approximate surface area is 147 Å². The highest BCUT2D eigenvalue weighted by Gasteiger charge is 2.16. The number of benzene rings is 2. The van der Waals surface area contributed by atoms with E-state index in [1.165, 1.54) is 0 Å². The molecule has 0 bridgehead atoms. The van der Waals surface area contributed by atoms with Crippen LogP contribution in [0.1, 0.15) is 22.3 Å². The average molecular weight is 362 g/mol. The number of carboxylic acid groups (broad SMARTS) is 1. The summed E-state index contributed by atoms with van der Waals surface area (Å²) in [6.45, 7) is 3.87. The minimum atomic E-state index is -3.60. The van der Waals surface area contributed by atoms with E-state index in [2.05, 4.69) is 4.72 Å². The number of hydrogen-bond donors (Lipinski definition) is 3. The van der Waals surface area contributed by atoms with E-state index in [0.717, 1.165) is 22.3 Å². The molecule has 0 unspecified atom stereocenters. The van der Waals surface area contributed by atoms with Crippen LogP contribution in [0.25, 0.3) is 0 Å². The zero-order valence-electron chi connectivity index (χ0n) is 14.2. The van der Waals surface area contributed by atoms with Crippen LogP contribution in [0.2, 0.25) is 0 Å². The summed E-state index contributed by atoms with van der Waals surface area (Å²) in [5.41, 5.74) is 9.03. The number of aliphatic carboxylic acids is 1. The maximum absolute atomic E-state index is 12.3. The maximum atomic E-state index is 12.3. The molecule has 0 saturated heterocycles. The molecule has 134 valence electrons. The summed E-state index contributed by atoms with van der Waals surface area (Å²) in [5, 5.41) is 8.94. The molecule has 0 saturated carbocycles. The third-order valence-corrected chi connectivity index (χ3v) is 5.39. The standard InChI is InChI=1S/C18H22N2O4S/c1-12-3-7-16(8-4-12)25(23,24)20-11-14-6-5-13(2)15(9-14)10-17(19)18(21)22/h3-9,17,20H,10-11,19H2,1-2H3,(H,21,22)/t17-/m0/s1. The van der Waals surface area contributed by atoms with Crippen molar-refractivity contribution >= 4 is 16.0 Å². The molecule has 0 radical (unpaired) electrons. The lowest BCUT2D eigenvalue weighted by Gasteiger charge is -2.12. The van der Waals surface area contributed by atoms with Gasteiger partial charge in [0.1, 0.15) is 6.04 Å². The lowest BCUT2D eigenvalue weighted by Crippen LogP contribution is -2.32. The number of hydrogen-bond acceptors (Lipinski definition) is 4. The molecule has 1 atom stereocenters. The van der Waals surface area contributed by atoms with Gasteiger partial charge in [-0.3, -0.25) is 4.79 Å². The van der Waals surface area contributed by atoms with E-state index in [-0.39, 0.29) is 17.9 Å². The summed E-state index contributed by atoms with van der Waals surface area (Å²) in [7, 11) is -3.60. The van der Waals surface area contributed by atoms with Crippen LogP contribution in [0.15, 0.2) is 47.4 Å². The van der Waals surface area contributed by atoms with Crippen LogP contribution in [0, 0.1) is 13.8 Å². The third-order valence-electron chi connectivity index (χ3n) is 3.97. The van der Waals surface area contributed by atoms with Crippen molar-refractivity contribution in [3.8, 4) is 0 Å². The quantitative estimate of drug-likeness (QED) is 0.695. The van der Waals surface area contributed by atoms with Crippen molar-refractivity contribution < 1.29 is 18.3 Å². The zero-order valence-corrected chi connectivity index (χ0v) is 15.0. The molecular weight excluding hydrogens is 340 g/mol. The van der Waals surface area contributed by atoms with Crippen molar-refractivity contribution in [3.05, 3.63) is 64.7 Å². The second-order valence-corrected chi connectivity index (χ2v) is 7.81. The van der Waals surface area contributed by atoms with Gasteiger partial charge in [0.25, 0.3) is 0 Å². The van der Waals surface area contributed by atoms with Crippen molar-refractivity contribution in [3.63, 3.8) is 0 Å². The van der Waals surface area contributed by atoms with Crippen LogP contribution in [-0.4, -0.2) is 25.5 Å². The fourth-order valence-corrected chi connectivity index (χ4v) is 3.38. The van der Waals surface area contributed by atoms with E-state index >= 15 is 0 Å². The lowest BCUT2D eigenvalue weighted by molar-refractivity contribution is -0.138. The lowest BCUT2D eigenvalue weighted by atomic mass is 9.99. The first-order valence-corrected chi connectivity index (χ1v) is 9.30. The molecule has 2 aromatic carbocycles. The summed E-state index contributed by atoms with van der Waals surface area (Å²) in [6, 6.07) is 11.0. The van der Waals surface area contributed by atoms with Crippen LogP contribution >= 0.6 is 0 Å². The van der Waals surface area contributed by atoms with Crippen molar-refractivity contribution in [1.29, 1.82) is 0 Å². The maximum Gasteiger partial charge on any atom is 0.320 e. The summed E-state index contributed by atoms with van der Waals surface area (Å²) >= 11 is 0. The first-order valence-electron chi connectivity index (χ1n) is 7.82. The van der Waals surface area contributed by atoms with Crippen LogP contribution in [0.3, 0.4) is 0 Å². The molecular formula is C18H22N2O4S. The average Bonchev–Trinajstić information content (AvgIpc) is 2.56. The number of carboxylic acids is 1. The van der Waals surface area contributed by atoms with Gasteiger partial charge >= 0.3 is 5.97 Å². The van der Waals surface area contributed by atoms with Gasteiger partial charge in [-0.25, -0.2) is 13.1 Å². The molecule has 0 aromatic heterocycles. The van der Waals surface area contributed by atoms with Gasteiger partial charge in [-0.2, -0.15) is 0 Å². The summed E-state index contributed by atoms with van der Waals surface area (Å²) < 4.78 is 27.2. The van der Waals surface area contributed by atoms with Crippen LogP contribution in [0.4, 0.5) is 0 Å². The molecule has 0 aliphatic heterocycles. The molecule has 0 aliphatic rings. The van der Waals surface area contributed by atoms with Crippen LogP contribution in [0.5, 0.6) is 0 Å². The molecule has 0 heterocycles. The molecule has 0 fully saturated rings. The van der Waals surface area contributed by atoms with Crippen LogP contribution < -0.4 is 10.5 Å². The van der Waals surface area contributed by atoms with Gasteiger partial charge in [0.05, 0.1) is 4.90 Å². The number of carbonyl (C=O) groups is 1. The van der Waals surface area contributed by atoms with E-state index in [0.29, 0.717) is 0 Å². The van der Waals surface area contributed by atoms with Gasteiger partial charge < -0.3 is 10.8 Å². The second kappa shape index (κ2) is 7.77. The van der Waals surface area contributed by atoms with Crippen molar-refractivity contribution in [1.82, 2.24) is 4.72 Å². The first kappa shape index (κ1) is 19.1. The minimum absolute atomic E-state index is 0.117. The molecule has 0 spiro atoms. The summed E-state index contributed by atoms with van der Waals surface area (Å²) in [6.07, 6.45) is 0.194. The monoisotopic (exact) mass is 362 g/mol. The third kappa shape index (κ3) is 5.12. The summed E-state index contributed by atoms with van der Waals surface area (Å²) in [5.74, 6) is -1.06. The number of aryl methyl sites for hydroxylation is 2. The van der Waals surface area contributed by atoms with E-state index < -0.39 is 22.0 Å². The fourth-order valence-electron chi connectivity index (χ4n) is 2.36. The van der Waals surface area contributed by atoms with Gasteiger partial charge in [-0.15, -0.1) is 0 Å². The Hall–Kier alpha value is -2.22. The Kier molecular flexibility index (Phi) is 5.94. The van der Waals surface area contributed by atoms with Crippen LogP contribution in [-0.2, 0) is 27.8 Å². The molecule has 25 heavy (non-hydrogen) atoms. The number of nitrogens with two attached hydrogens (primary N) is 1. The van der Waals surface area contributed by atoms with Gasteiger partial charge in [0.2, 0.25) is 10.0 Å². The highest BCUT2D eigenvalue weighted by atomic mass is 32.2. The van der Waals surface area contributed by atoms with Gasteiger partial charge in [0.15, 0.2) is 0 Å². The first-order chi connectivity index (χ1) is 11.7. The Bertz CT molecular complexity index is 861. The van der Waals surface area contributed by atoms with Crippen molar-refractivity contribution in [2.75, 3.05) is 0 Å². The molecule has 7 heteroatoms. The Morgan fingerprint density at radius 1 is 1.16 bits per heavy atom. The Morgan fingerprint density at radius 3 is 2.40 bits per heavy atom. The van der Waals surface area contributed by atoms with Crippen molar-refractivity contribution in [2.24, 2.45) is 5.73 Å². The normalized spacial score (nSPS) is 12.8. The topological polar surface area (TPSA) is 109 Å². The Morgan fingerprint density at radius 2 is 1.80 bits per heavy atom. The van der Waals surface area contributed by atoms with E-state index in [1.807, 2.05) is 26.0 Å². The molecule has 0 aliphatic carbocycles. The summed E-state index contributed by atoms with van der Waals surface area (Å²) in [4.78, 5) is 11.1. The molecule has 4 N–H and O–H groups in total. The van der Waals surface area contributed by atoms with Gasteiger partial charge in [-0.1, -0.05) is 35.9 Å². The predicted molar refractivity (Wildman–Crippen MR) is 95.7 cm³/mol. The van der Waals surface area contributed by atoms with Gasteiger partial charge in [-0.05, 0) is 49.1 Å². The van der Waals surface area contributed by atoms with E-state index in [4.69, 9.17) is 10.8 Å². The van der Waals surface area contributed by atoms with Crippen molar-refractivity contribution in [2.45, 2.75) is 37.8 Å². The molecule has 0 amide bonds. The zero-order chi connectivity index (χ0) is 18.6. The van der Waals surface area contributed by atoms with E-state index in [9.17, 15) is 13.2 Å². The largest absolute Gasteiger partial charge is 0.480 e. The number of nitrogens with one attached hydrogen (secondary N) is 1. The number of sulfonamides is 1.